The normalized spacial score (nSPS) is 16.6. The van der Waals surface area contributed by atoms with E-state index >= 15 is 0 Å². The van der Waals surface area contributed by atoms with Crippen molar-refractivity contribution in [1.29, 1.82) is 0 Å². The first-order valence-electron chi connectivity index (χ1n) is 9.68. The van der Waals surface area contributed by atoms with Crippen LogP contribution >= 0.6 is 0 Å². The fourth-order valence-corrected chi connectivity index (χ4v) is 3.49. The van der Waals surface area contributed by atoms with Crippen molar-refractivity contribution in [2.45, 2.75) is 12.5 Å². The maximum absolute atomic E-state index is 12.8. The Morgan fingerprint density at radius 2 is 1.83 bits per heavy atom. The van der Waals surface area contributed by atoms with E-state index in [-0.39, 0.29) is 11.8 Å². The van der Waals surface area contributed by atoms with Gasteiger partial charge in [0, 0.05) is 30.0 Å². The molecule has 0 radical (unpaired) electrons. The molecule has 1 aliphatic heterocycles. The molecule has 152 valence electrons. The molecule has 4 rings (SSSR count). The second-order valence-corrected chi connectivity index (χ2v) is 6.94. The number of aromatic nitrogens is 1. The first-order valence-corrected chi connectivity index (χ1v) is 9.68. The Balaban J connectivity index is 1.71. The van der Waals surface area contributed by atoms with Crippen LogP contribution in [0.25, 0.3) is 0 Å². The summed E-state index contributed by atoms with van der Waals surface area (Å²) in [7, 11) is 3.23. The maximum atomic E-state index is 12.8. The molecule has 3 aromatic rings. The number of fused-ring (bicyclic) bond motifs is 1. The van der Waals surface area contributed by atoms with E-state index in [0.717, 1.165) is 22.8 Å². The molecule has 1 aliphatic rings. The van der Waals surface area contributed by atoms with E-state index in [0.29, 0.717) is 23.5 Å². The third-order valence-electron chi connectivity index (χ3n) is 5.01. The van der Waals surface area contributed by atoms with Crippen molar-refractivity contribution in [3.8, 4) is 11.5 Å². The molecule has 2 aromatic carbocycles. The van der Waals surface area contributed by atoms with E-state index in [1.54, 1.807) is 26.5 Å². The van der Waals surface area contributed by atoms with Crippen LogP contribution in [0.4, 0.5) is 11.5 Å². The quantitative estimate of drug-likeness (QED) is 0.471. The summed E-state index contributed by atoms with van der Waals surface area (Å²) >= 11 is 0. The Bertz CT molecular complexity index is 1080. The number of anilines is 2. The molecule has 6 heteroatoms. The Hall–Kier alpha value is -3.80. The highest BCUT2D eigenvalue weighted by Gasteiger charge is 2.22. The number of pyridine rings is 1. The molecule has 0 bridgehead atoms. The fraction of sp³-hybridized carbons (Fsp3) is 0.167. The van der Waals surface area contributed by atoms with Crippen LogP contribution in [0.15, 0.2) is 78.6 Å². The van der Waals surface area contributed by atoms with Gasteiger partial charge in [-0.2, -0.15) is 0 Å². The summed E-state index contributed by atoms with van der Waals surface area (Å²) in [6.45, 7) is 0. The summed E-state index contributed by atoms with van der Waals surface area (Å²) in [5.41, 5.74) is 3.29. The molecule has 0 spiro atoms. The van der Waals surface area contributed by atoms with E-state index in [1.807, 2.05) is 60.7 Å². The van der Waals surface area contributed by atoms with Crippen LogP contribution in [0.3, 0.4) is 0 Å². The number of nitrogens with zero attached hydrogens (tertiary/aromatic N) is 1. The molecule has 0 fully saturated rings. The summed E-state index contributed by atoms with van der Waals surface area (Å²) in [6.07, 6.45) is 3.97. The average molecular weight is 401 g/mol. The Labute approximate surface area is 175 Å². The largest absolute Gasteiger partial charge is 0.493 e. The third kappa shape index (κ3) is 4.12. The van der Waals surface area contributed by atoms with Crippen LogP contribution in [0.5, 0.6) is 11.5 Å². The zero-order valence-corrected chi connectivity index (χ0v) is 16.9. The number of carbonyl (C=O) groups excluding carboxylic acids is 1. The second-order valence-electron chi connectivity index (χ2n) is 6.94. The lowest BCUT2D eigenvalue weighted by molar-refractivity contribution is 0.104. The number of nitrogens with one attached hydrogen (secondary N) is 2. The lowest BCUT2D eigenvalue weighted by Crippen LogP contribution is -2.12. The van der Waals surface area contributed by atoms with Gasteiger partial charge < -0.3 is 20.1 Å². The Morgan fingerprint density at radius 1 is 1.03 bits per heavy atom. The Morgan fingerprint density at radius 3 is 2.60 bits per heavy atom. The van der Waals surface area contributed by atoms with Crippen molar-refractivity contribution in [2.24, 2.45) is 0 Å². The lowest BCUT2D eigenvalue weighted by Gasteiger charge is -2.19. The molecule has 0 aliphatic carbocycles. The van der Waals surface area contributed by atoms with Gasteiger partial charge in [-0.3, -0.25) is 4.79 Å². The predicted molar refractivity (Wildman–Crippen MR) is 117 cm³/mol. The number of hydrogen-bond acceptors (Lipinski definition) is 6. The van der Waals surface area contributed by atoms with Crippen LogP contribution in [-0.2, 0) is 0 Å². The van der Waals surface area contributed by atoms with Gasteiger partial charge in [0.25, 0.3) is 0 Å². The number of ketones is 1. The Kier molecular flexibility index (Phi) is 5.66. The minimum atomic E-state index is -0.108. The van der Waals surface area contributed by atoms with Crippen molar-refractivity contribution in [3.63, 3.8) is 0 Å². The summed E-state index contributed by atoms with van der Waals surface area (Å²) < 4.78 is 10.8. The molecule has 1 aromatic heterocycles. The molecule has 0 saturated carbocycles. The number of carbonyl (C=O) groups is 1. The average Bonchev–Trinajstić information content (AvgIpc) is 2.98. The van der Waals surface area contributed by atoms with Gasteiger partial charge in [-0.15, -0.1) is 0 Å². The van der Waals surface area contributed by atoms with Gasteiger partial charge in [0.05, 0.1) is 25.9 Å². The van der Waals surface area contributed by atoms with Gasteiger partial charge in [-0.25, -0.2) is 4.98 Å². The molecule has 0 amide bonds. The fourth-order valence-electron chi connectivity index (χ4n) is 3.49. The van der Waals surface area contributed by atoms with Crippen molar-refractivity contribution in [1.82, 2.24) is 4.98 Å². The standard InChI is InChI=1S/C24H23N3O3/c1-29-22-11-10-17(13-23(22)30-2)20-14-18(15-21(28)16-7-4-3-5-8-16)26-19-9-6-12-25-24(19)27-20/h3-13,15,20,26H,14H2,1-2H3,(H,25,27)/b18-15+. The number of ether oxygens (including phenoxy) is 2. The minimum absolute atomic E-state index is 0.0449. The highest BCUT2D eigenvalue weighted by Crippen LogP contribution is 2.37. The highest BCUT2D eigenvalue weighted by molar-refractivity contribution is 6.05. The lowest BCUT2D eigenvalue weighted by atomic mass is 10.00. The van der Waals surface area contributed by atoms with Gasteiger partial charge in [0.2, 0.25) is 0 Å². The van der Waals surface area contributed by atoms with E-state index in [4.69, 9.17) is 9.47 Å². The predicted octanol–water partition coefficient (Wildman–Crippen LogP) is 4.83. The van der Waals surface area contributed by atoms with Crippen LogP contribution in [0, 0.1) is 0 Å². The molecule has 1 unspecified atom stereocenters. The van der Waals surface area contributed by atoms with E-state index in [1.165, 1.54) is 0 Å². The minimum Gasteiger partial charge on any atom is -0.493 e. The first-order chi connectivity index (χ1) is 14.7. The number of rotatable bonds is 5. The number of hydrogen-bond donors (Lipinski definition) is 2. The molecule has 1 atom stereocenters. The van der Waals surface area contributed by atoms with E-state index in [9.17, 15) is 4.79 Å². The van der Waals surface area contributed by atoms with Gasteiger partial charge in [-0.05, 0) is 29.8 Å². The molecule has 30 heavy (non-hydrogen) atoms. The topological polar surface area (TPSA) is 72.5 Å². The van der Waals surface area contributed by atoms with Crippen molar-refractivity contribution >= 4 is 17.3 Å². The molecule has 2 heterocycles. The highest BCUT2D eigenvalue weighted by atomic mass is 16.5. The van der Waals surface area contributed by atoms with Crippen molar-refractivity contribution < 1.29 is 14.3 Å². The zero-order valence-electron chi connectivity index (χ0n) is 16.9. The number of allylic oxidation sites excluding steroid dienone is 1. The number of methoxy groups -OCH3 is 2. The summed E-state index contributed by atoms with van der Waals surface area (Å²) in [6, 6.07) is 18.8. The van der Waals surface area contributed by atoms with Crippen molar-refractivity contribution in [3.05, 3.63) is 89.8 Å². The SMILES string of the molecule is COc1ccc(C2C/C(=C\C(=O)c3ccccc3)Nc3cccnc3N2)cc1OC. The number of benzene rings is 2. The summed E-state index contributed by atoms with van der Waals surface area (Å²) in [5, 5.41) is 6.86. The summed E-state index contributed by atoms with van der Waals surface area (Å²) in [4.78, 5) is 17.2. The smallest absolute Gasteiger partial charge is 0.187 e. The molecular weight excluding hydrogens is 378 g/mol. The van der Waals surface area contributed by atoms with Crippen LogP contribution in [0.2, 0.25) is 0 Å². The van der Waals surface area contributed by atoms with Gasteiger partial charge in [-0.1, -0.05) is 36.4 Å². The molecule has 2 N–H and O–H groups in total. The van der Waals surface area contributed by atoms with Crippen LogP contribution < -0.4 is 20.1 Å². The van der Waals surface area contributed by atoms with Crippen molar-refractivity contribution in [2.75, 3.05) is 24.9 Å². The molecule has 0 saturated heterocycles. The molecule has 6 nitrogen and oxygen atoms in total. The van der Waals surface area contributed by atoms with Gasteiger partial charge >= 0.3 is 0 Å². The molecular formula is C24H23N3O3. The zero-order chi connectivity index (χ0) is 20.9. The van der Waals surface area contributed by atoms with E-state index in [2.05, 4.69) is 15.6 Å². The maximum Gasteiger partial charge on any atom is 0.187 e. The second kappa shape index (κ2) is 8.69. The third-order valence-corrected chi connectivity index (χ3v) is 5.01. The summed E-state index contributed by atoms with van der Waals surface area (Å²) in [5.74, 6) is 2.01. The van der Waals surface area contributed by atoms with Gasteiger partial charge in [0.15, 0.2) is 17.3 Å². The van der Waals surface area contributed by atoms with Crippen LogP contribution in [0.1, 0.15) is 28.4 Å². The van der Waals surface area contributed by atoms with Gasteiger partial charge in [0.1, 0.15) is 5.82 Å². The van der Waals surface area contributed by atoms with Crippen LogP contribution in [-0.4, -0.2) is 25.0 Å². The van der Waals surface area contributed by atoms with E-state index < -0.39 is 0 Å². The first kappa shape index (κ1) is 19.5. The monoisotopic (exact) mass is 401 g/mol.